The normalized spacial score (nSPS) is 14.4. The number of hydrogen-bond donors (Lipinski definition) is 1. The molecule has 17 heavy (non-hydrogen) atoms. The molecule has 0 saturated carbocycles. The molecule has 0 radical (unpaired) electrons. The van der Waals surface area contributed by atoms with Gasteiger partial charge in [0.25, 0.3) is 0 Å². The number of benzene rings is 1. The van der Waals surface area contributed by atoms with Gasteiger partial charge >= 0.3 is 0 Å². The van der Waals surface area contributed by atoms with E-state index < -0.39 is 0 Å². The van der Waals surface area contributed by atoms with Gasteiger partial charge in [0, 0.05) is 6.04 Å². The molecule has 0 bridgehead atoms. The van der Waals surface area contributed by atoms with Crippen LogP contribution in [0.4, 0.5) is 0 Å². The zero-order chi connectivity index (χ0) is 12.7. The van der Waals surface area contributed by atoms with Crippen LogP contribution >= 0.6 is 0 Å². The molecule has 0 fully saturated rings. The van der Waals surface area contributed by atoms with Gasteiger partial charge in [-0.15, -0.1) is 0 Å². The van der Waals surface area contributed by atoms with Crippen molar-refractivity contribution in [3.63, 3.8) is 0 Å². The van der Waals surface area contributed by atoms with Crippen molar-refractivity contribution in [1.82, 2.24) is 5.32 Å². The van der Waals surface area contributed by atoms with Crippen molar-refractivity contribution in [2.24, 2.45) is 0 Å². The molecule has 2 heteroatoms. The molecule has 0 heterocycles. The maximum absolute atomic E-state index is 5.81. The highest BCUT2D eigenvalue weighted by Crippen LogP contribution is 2.28. The van der Waals surface area contributed by atoms with E-state index in [0.717, 1.165) is 25.3 Å². The summed E-state index contributed by atoms with van der Waals surface area (Å²) in [5, 5.41) is 3.47. The van der Waals surface area contributed by atoms with Gasteiger partial charge in [-0.05, 0) is 37.4 Å². The van der Waals surface area contributed by atoms with E-state index in [1.807, 2.05) is 6.07 Å². The fourth-order valence-corrected chi connectivity index (χ4v) is 1.97. The van der Waals surface area contributed by atoms with Gasteiger partial charge in [-0.3, -0.25) is 0 Å². The van der Waals surface area contributed by atoms with Crippen LogP contribution in [0.25, 0.3) is 0 Å². The Labute approximate surface area is 105 Å². The van der Waals surface area contributed by atoms with Crippen LogP contribution in [0.2, 0.25) is 0 Å². The molecule has 0 aliphatic heterocycles. The second-order valence-electron chi connectivity index (χ2n) is 4.52. The molecule has 1 rings (SSSR count). The number of nitrogens with one attached hydrogen (secondary N) is 1. The Bertz CT molecular complexity index is 324. The maximum atomic E-state index is 5.81. The van der Waals surface area contributed by atoms with Crippen molar-refractivity contribution in [1.29, 1.82) is 0 Å². The molecule has 2 nitrogen and oxygen atoms in total. The molecular weight excluding hydrogens is 210 g/mol. The molecule has 1 aromatic rings. The van der Waals surface area contributed by atoms with Crippen molar-refractivity contribution in [2.75, 3.05) is 13.2 Å². The highest BCUT2D eigenvalue weighted by molar-refractivity contribution is 5.36. The first kappa shape index (κ1) is 14.0. The number of ether oxygens (including phenoxy) is 1. The zero-order valence-electron chi connectivity index (χ0n) is 11.5. The van der Waals surface area contributed by atoms with Gasteiger partial charge in [0.1, 0.15) is 5.75 Å². The smallest absolute Gasteiger partial charge is 0.122 e. The number of rotatable bonds is 7. The van der Waals surface area contributed by atoms with Crippen molar-refractivity contribution >= 4 is 0 Å². The molecule has 0 saturated heterocycles. The van der Waals surface area contributed by atoms with E-state index in [1.54, 1.807) is 0 Å². The predicted octanol–water partition coefficient (Wildman–Crippen LogP) is 3.58. The van der Waals surface area contributed by atoms with Crippen LogP contribution in [-0.2, 0) is 0 Å². The van der Waals surface area contributed by atoms with Crippen LogP contribution < -0.4 is 10.1 Å². The van der Waals surface area contributed by atoms with Crippen LogP contribution in [0.5, 0.6) is 5.75 Å². The van der Waals surface area contributed by atoms with Gasteiger partial charge in [0.05, 0.1) is 6.61 Å². The van der Waals surface area contributed by atoms with Crippen LogP contribution in [0, 0.1) is 0 Å². The average Bonchev–Trinajstić information content (AvgIpc) is 2.36. The van der Waals surface area contributed by atoms with Gasteiger partial charge in [0.2, 0.25) is 0 Å². The third kappa shape index (κ3) is 4.04. The summed E-state index contributed by atoms with van der Waals surface area (Å²) in [5.41, 5.74) is 1.30. The van der Waals surface area contributed by atoms with Crippen molar-refractivity contribution in [2.45, 2.75) is 46.1 Å². The van der Waals surface area contributed by atoms with Crippen LogP contribution in [0.3, 0.4) is 0 Å². The van der Waals surface area contributed by atoms with E-state index >= 15 is 0 Å². The fourth-order valence-electron chi connectivity index (χ4n) is 1.97. The lowest BCUT2D eigenvalue weighted by molar-refractivity contribution is 0.310. The molecule has 0 aliphatic rings. The lowest BCUT2D eigenvalue weighted by atomic mass is 9.93. The monoisotopic (exact) mass is 235 g/mol. The quantitative estimate of drug-likeness (QED) is 0.780. The lowest BCUT2D eigenvalue weighted by Gasteiger charge is -2.23. The topological polar surface area (TPSA) is 21.3 Å². The SMILES string of the molecule is CCCOc1ccccc1C(C)C(C)NCC. The largest absolute Gasteiger partial charge is 0.493 e. The van der Waals surface area contributed by atoms with E-state index in [4.69, 9.17) is 4.74 Å². The highest BCUT2D eigenvalue weighted by atomic mass is 16.5. The van der Waals surface area contributed by atoms with E-state index in [0.29, 0.717) is 12.0 Å². The zero-order valence-corrected chi connectivity index (χ0v) is 11.5. The summed E-state index contributed by atoms with van der Waals surface area (Å²) in [6.07, 6.45) is 1.05. The molecule has 0 amide bonds. The number of hydrogen-bond acceptors (Lipinski definition) is 2. The van der Waals surface area contributed by atoms with E-state index in [-0.39, 0.29) is 0 Å². The third-order valence-corrected chi connectivity index (χ3v) is 3.15. The number of para-hydroxylation sites is 1. The Kier molecular flexibility index (Phi) is 6.06. The van der Waals surface area contributed by atoms with Crippen molar-refractivity contribution in [3.05, 3.63) is 29.8 Å². The Morgan fingerprint density at radius 2 is 1.88 bits per heavy atom. The van der Waals surface area contributed by atoms with E-state index in [2.05, 4.69) is 51.2 Å². The van der Waals surface area contributed by atoms with Crippen molar-refractivity contribution < 1.29 is 4.74 Å². The second-order valence-corrected chi connectivity index (χ2v) is 4.52. The maximum Gasteiger partial charge on any atom is 0.122 e. The first-order valence-corrected chi connectivity index (χ1v) is 6.65. The second kappa shape index (κ2) is 7.33. The minimum Gasteiger partial charge on any atom is -0.493 e. The number of likely N-dealkylation sites (N-methyl/N-ethyl adjacent to an activating group) is 1. The Morgan fingerprint density at radius 3 is 2.53 bits per heavy atom. The van der Waals surface area contributed by atoms with E-state index in [1.165, 1.54) is 5.56 Å². The fraction of sp³-hybridized carbons (Fsp3) is 0.600. The van der Waals surface area contributed by atoms with Gasteiger partial charge < -0.3 is 10.1 Å². The molecule has 96 valence electrons. The van der Waals surface area contributed by atoms with Gasteiger partial charge in [-0.25, -0.2) is 0 Å². The predicted molar refractivity (Wildman–Crippen MR) is 73.8 cm³/mol. The first-order chi connectivity index (χ1) is 8.20. The van der Waals surface area contributed by atoms with Crippen LogP contribution in [0.15, 0.2) is 24.3 Å². The molecule has 1 aromatic carbocycles. The minimum atomic E-state index is 0.461. The average molecular weight is 235 g/mol. The molecule has 0 aromatic heterocycles. The summed E-state index contributed by atoms with van der Waals surface area (Å²) in [7, 11) is 0. The summed E-state index contributed by atoms with van der Waals surface area (Å²) in [5.74, 6) is 1.50. The Hall–Kier alpha value is -1.02. The molecule has 0 spiro atoms. The van der Waals surface area contributed by atoms with Crippen LogP contribution in [-0.4, -0.2) is 19.2 Å². The van der Waals surface area contributed by atoms with Gasteiger partial charge in [-0.2, -0.15) is 0 Å². The van der Waals surface area contributed by atoms with Gasteiger partial charge in [0.15, 0.2) is 0 Å². The van der Waals surface area contributed by atoms with Crippen molar-refractivity contribution in [3.8, 4) is 5.75 Å². The summed E-state index contributed by atoms with van der Waals surface area (Å²) >= 11 is 0. The summed E-state index contributed by atoms with van der Waals surface area (Å²) in [4.78, 5) is 0. The Morgan fingerprint density at radius 1 is 1.18 bits per heavy atom. The highest BCUT2D eigenvalue weighted by Gasteiger charge is 2.16. The molecular formula is C15H25NO. The standard InChI is InChI=1S/C15H25NO/c1-5-11-17-15-10-8-7-9-14(15)12(3)13(4)16-6-2/h7-10,12-13,16H,5-6,11H2,1-4H3. The third-order valence-electron chi connectivity index (χ3n) is 3.15. The van der Waals surface area contributed by atoms with Crippen LogP contribution in [0.1, 0.15) is 45.6 Å². The lowest BCUT2D eigenvalue weighted by Crippen LogP contribution is -2.30. The summed E-state index contributed by atoms with van der Waals surface area (Å²) in [6.45, 7) is 10.5. The molecule has 0 aliphatic carbocycles. The molecule has 1 N–H and O–H groups in total. The molecule has 2 atom stereocenters. The van der Waals surface area contributed by atoms with E-state index in [9.17, 15) is 0 Å². The summed E-state index contributed by atoms with van der Waals surface area (Å²) in [6, 6.07) is 8.83. The van der Waals surface area contributed by atoms with Gasteiger partial charge in [-0.1, -0.05) is 39.0 Å². The minimum absolute atomic E-state index is 0.461. The summed E-state index contributed by atoms with van der Waals surface area (Å²) < 4.78 is 5.81. The molecule has 2 unspecified atom stereocenters. The Balaban J connectivity index is 2.80. The first-order valence-electron chi connectivity index (χ1n) is 6.65.